The molecule has 0 aliphatic heterocycles. The summed E-state index contributed by atoms with van der Waals surface area (Å²) in [5.74, 6) is -0.711. The lowest BCUT2D eigenvalue weighted by Gasteiger charge is -2.20. The van der Waals surface area contributed by atoms with E-state index in [-0.39, 0.29) is 6.42 Å². The number of carboxylic acid groups (broad SMARTS) is 1. The highest BCUT2D eigenvalue weighted by Crippen LogP contribution is 2.27. The molecule has 1 heterocycles. The van der Waals surface area contributed by atoms with Crippen LogP contribution < -0.4 is 0 Å². The first-order valence-corrected chi connectivity index (χ1v) is 6.08. The van der Waals surface area contributed by atoms with Crippen molar-refractivity contribution >= 4 is 5.97 Å². The molecule has 5 heteroatoms. The fourth-order valence-electron chi connectivity index (χ4n) is 2.03. The van der Waals surface area contributed by atoms with Crippen molar-refractivity contribution in [1.29, 1.82) is 0 Å². The van der Waals surface area contributed by atoms with Gasteiger partial charge in [-0.2, -0.15) is 5.10 Å². The number of rotatable bonds is 7. The normalized spacial score (nSPS) is 15.4. The molecule has 2 rings (SSSR count). The van der Waals surface area contributed by atoms with E-state index in [2.05, 4.69) is 10.00 Å². The number of hydrogen-bond donors (Lipinski definition) is 1. The molecule has 0 unspecified atom stereocenters. The predicted molar refractivity (Wildman–Crippen MR) is 63.8 cm³/mol. The first-order valence-electron chi connectivity index (χ1n) is 6.08. The Morgan fingerprint density at radius 2 is 2.35 bits per heavy atom. The van der Waals surface area contributed by atoms with Gasteiger partial charge in [-0.1, -0.05) is 0 Å². The molecule has 1 N–H and O–H groups in total. The first kappa shape index (κ1) is 12.1. The third kappa shape index (κ3) is 3.85. The van der Waals surface area contributed by atoms with Crippen molar-refractivity contribution in [2.24, 2.45) is 7.05 Å². The van der Waals surface area contributed by atoms with Gasteiger partial charge in [-0.25, -0.2) is 0 Å². The van der Waals surface area contributed by atoms with Crippen LogP contribution in [0.1, 0.15) is 24.8 Å². The van der Waals surface area contributed by atoms with Crippen LogP contribution in [0.25, 0.3) is 0 Å². The molecule has 0 atom stereocenters. The van der Waals surface area contributed by atoms with Gasteiger partial charge in [-0.3, -0.25) is 14.4 Å². The second kappa shape index (κ2) is 5.31. The smallest absolute Gasteiger partial charge is 0.304 e. The minimum Gasteiger partial charge on any atom is -0.481 e. The summed E-state index contributed by atoms with van der Waals surface area (Å²) in [4.78, 5) is 12.9. The predicted octanol–water partition coefficient (Wildman–Crippen LogP) is 0.902. The summed E-state index contributed by atoms with van der Waals surface area (Å²) < 4.78 is 1.80. The maximum atomic E-state index is 10.6. The Hall–Kier alpha value is -1.36. The highest BCUT2D eigenvalue weighted by atomic mass is 16.4. The van der Waals surface area contributed by atoms with Crippen LogP contribution >= 0.6 is 0 Å². The third-order valence-electron chi connectivity index (χ3n) is 3.12. The zero-order valence-corrected chi connectivity index (χ0v) is 10.2. The van der Waals surface area contributed by atoms with Crippen molar-refractivity contribution in [2.45, 2.75) is 31.7 Å². The van der Waals surface area contributed by atoms with E-state index in [9.17, 15) is 4.79 Å². The molecule has 1 fully saturated rings. The van der Waals surface area contributed by atoms with Crippen molar-refractivity contribution < 1.29 is 9.90 Å². The van der Waals surface area contributed by atoms with Crippen LogP contribution in [0.2, 0.25) is 0 Å². The molecule has 1 aliphatic rings. The van der Waals surface area contributed by atoms with E-state index in [4.69, 9.17) is 5.11 Å². The fourth-order valence-corrected chi connectivity index (χ4v) is 2.03. The molecule has 0 spiro atoms. The summed E-state index contributed by atoms with van der Waals surface area (Å²) in [6, 6.07) is 0.617. The first-order chi connectivity index (χ1) is 8.15. The summed E-state index contributed by atoms with van der Waals surface area (Å²) in [6.45, 7) is 1.60. The Bertz CT molecular complexity index is 385. The molecule has 1 aliphatic carbocycles. The molecule has 0 saturated heterocycles. The van der Waals surface area contributed by atoms with Crippen LogP contribution in [-0.2, 0) is 18.3 Å². The van der Waals surface area contributed by atoms with Crippen LogP contribution in [0.5, 0.6) is 0 Å². The lowest BCUT2D eigenvalue weighted by Crippen LogP contribution is -2.30. The topological polar surface area (TPSA) is 58.4 Å². The Morgan fingerprint density at radius 1 is 1.59 bits per heavy atom. The van der Waals surface area contributed by atoms with Gasteiger partial charge in [-0.15, -0.1) is 0 Å². The van der Waals surface area contributed by atoms with Crippen molar-refractivity contribution in [3.05, 3.63) is 18.0 Å². The van der Waals surface area contributed by atoms with Crippen LogP contribution in [-0.4, -0.2) is 44.9 Å². The van der Waals surface area contributed by atoms with E-state index < -0.39 is 5.97 Å². The summed E-state index contributed by atoms with van der Waals surface area (Å²) in [5, 5.41) is 12.8. The molecule has 17 heavy (non-hydrogen) atoms. The lowest BCUT2D eigenvalue weighted by molar-refractivity contribution is -0.137. The number of aliphatic carboxylic acids is 1. The van der Waals surface area contributed by atoms with Gasteiger partial charge >= 0.3 is 5.97 Å². The van der Waals surface area contributed by atoms with Crippen LogP contribution in [0.15, 0.2) is 12.4 Å². The van der Waals surface area contributed by atoms with E-state index in [1.54, 1.807) is 4.68 Å². The van der Waals surface area contributed by atoms with Gasteiger partial charge in [0.15, 0.2) is 0 Å². The van der Waals surface area contributed by atoms with Crippen molar-refractivity contribution in [1.82, 2.24) is 14.7 Å². The number of carbonyl (C=O) groups is 1. The molecule has 0 bridgehead atoms. The highest BCUT2D eigenvalue weighted by molar-refractivity contribution is 5.66. The van der Waals surface area contributed by atoms with Crippen molar-refractivity contribution in [2.75, 3.05) is 13.1 Å². The molecule has 1 saturated carbocycles. The average molecular weight is 237 g/mol. The van der Waals surface area contributed by atoms with Crippen molar-refractivity contribution in [3.63, 3.8) is 0 Å². The molecule has 5 nitrogen and oxygen atoms in total. The molecule has 0 aromatic carbocycles. The minimum atomic E-state index is -0.711. The van der Waals surface area contributed by atoms with Crippen LogP contribution in [0, 0.1) is 0 Å². The number of aromatic nitrogens is 2. The fraction of sp³-hybridized carbons (Fsp3) is 0.667. The maximum absolute atomic E-state index is 10.6. The van der Waals surface area contributed by atoms with Gasteiger partial charge in [-0.05, 0) is 24.8 Å². The van der Waals surface area contributed by atoms with Crippen LogP contribution in [0.4, 0.5) is 0 Å². The lowest BCUT2D eigenvalue weighted by atomic mass is 10.2. The van der Waals surface area contributed by atoms with E-state index in [1.165, 1.54) is 18.4 Å². The number of carboxylic acids is 1. The molecule has 94 valence electrons. The Balaban J connectivity index is 1.79. The molecule has 0 radical (unpaired) electrons. The average Bonchev–Trinajstić information content (AvgIpc) is 3.02. The maximum Gasteiger partial charge on any atom is 0.304 e. The second-order valence-corrected chi connectivity index (χ2v) is 4.68. The Morgan fingerprint density at radius 3 is 2.88 bits per heavy atom. The standard InChI is InChI=1S/C12H19N3O2/c1-14-9-10(8-13-14)4-6-15(11-2-3-11)7-5-12(16)17/h8-9,11H,2-7H2,1H3,(H,16,17). The number of nitrogens with zero attached hydrogens (tertiary/aromatic N) is 3. The summed E-state index contributed by atoms with van der Waals surface area (Å²) >= 11 is 0. The molecular weight excluding hydrogens is 218 g/mol. The Kier molecular flexibility index (Phi) is 3.78. The molecule has 0 amide bonds. The second-order valence-electron chi connectivity index (χ2n) is 4.68. The monoisotopic (exact) mass is 237 g/mol. The summed E-state index contributed by atoms with van der Waals surface area (Å²) in [7, 11) is 1.91. The van der Waals surface area contributed by atoms with E-state index >= 15 is 0 Å². The summed E-state index contributed by atoms with van der Waals surface area (Å²) in [6.07, 6.45) is 7.51. The largest absolute Gasteiger partial charge is 0.481 e. The van der Waals surface area contributed by atoms with Gasteiger partial charge in [0, 0.05) is 32.4 Å². The quantitative estimate of drug-likeness (QED) is 0.765. The van der Waals surface area contributed by atoms with Gasteiger partial charge in [0.2, 0.25) is 0 Å². The van der Waals surface area contributed by atoms with Crippen LogP contribution in [0.3, 0.4) is 0 Å². The third-order valence-corrected chi connectivity index (χ3v) is 3.12. The van der Waals surface area contributed by atoms with E-state index in [1.807, 2.05) is 19.4 Å². The van der Waals surface area contributed by atoms with Gasteiger partial charge < -0.3 is 5.11 Å². The molecule has 1 aromatic rings. The SMILES string of the molecule is Cn1cc(CCN(CCC(=O)O)C2CC2)cn1. The van der Waals surface area contributed by atoms with Gasteiger partial charge in [0.1, 0.15) is 0 Å². The van der Waals surface area contributed by atoms with E-state index in [0.29, 0.717) is 12.6 Å². The number of aryl methyl sites for hydroxylation is 1. The minimum absolute atomic E-state index is 0.240. The molecular formula is C12H19N3O2. The Labute approximate surface area is 101 Å². The zero-order chi connectivity index (χ0) is 12.3. The summed E-state index contributed by atoms with van der Waals surface area (Å²) in [5.41, 5.74) is 1.22. The molecule has 1 aromatic heterocycles. The van der Waals surface area contributed by atoms with Gasteiger partial charge in [0.05, 0.1) is 12.6 Å². The van der Waals surface area contributed by atoms with Crippen molar-refractivity contribution in [3.8, 4) is 0 Å². The zero-order valence-electron chi connectivity index (χ0n) is 10.2. The number of hydrogen-bond acceptors (Lipinski definition) is 3. The van der Waals surface area contributed by atoms with E-state index in [0.717, 1.165) is 13.0 Å². The van der Waals surface area contributed by atoms with Gasteiger partial charge in [0.25, 0.3) is 0 Å². The highest BCUT2D eigenvalue weighted by Gasteiger charge is 2.28.